The molecule has 36 heavy (non-hydrogen) atoms. The molecule has 2 N–H and O–H groups in total. The van der Waals surface area contributed by atoms with Crippen molar-refractivity contribution in [2.24, 2.45) is 46.3 Å². The zero-order valence-electron chi connectivity index (χ0n) is 21.1. The molecule has 0 saturated heterocycles. The Kier molecular flexibility index (Phi) is 4.54. The van der Waals surface area contributed by atoms with Crippen LogP contribution < -0.4 is 10.6 Å². The summed E-state index contributed by atoms with van der Waals surface area (Å²) in [7, 11) is 0. The van der Waals surface area contributed by atoms with Gasteiger partial charge in [-0.2, -0.15) is 0 Å². The molecule has 8 fully saturated rings. The van der Waals surface area contributed by atoms with Gasteiger partial charge in [-0.05, 0) is 136 Å². The third kappa shape index (κ3) is 3.30. The third-order valence-electron chi connectivity index (χ3n) is 11.3. The quantitative estimate of drug-likeness (QED) is 0.518. The van der Waals surface area contributed by atoms with E-state index in [0.29, 0.717) is 0 Å². The highest BCUT2D eigenvalue weighted by Gasteiger charge is 2.56. The molecule has 188 valence electrons. The van der Waals surface area contributed by atoms with Crippen molar-refractivity contribution < 1.29 is 9.59 Å². The number of carbonyl (C=O) groups excluding carboxylic acids is 2. The molecule has 0 atom stereocenters. The van der Waals surface area contributed by atoms with Crippen LogP contribution >= 0.6 is 0 Å². The SMILES string of the molecule is O=C(Nc1cc(NC(=O)C23CC4CC(CC(C4)C2)C3)c2cnccc2c1)C12CC3CC(CC(C3)C1)C2. The van der Waals surface area contributed by atoms with E-state index in [0.717, 1.165) is 96.2 Å². The third-order valence-corrected chi connectivity index (χ3v) is 11.3. The molecule has 1 aromatic carbocycles. The van der Waals surface area contributed by atoms with Crippen molar-refractivity contribution in [2.75, 3.05) is 10.6 Å². The van der Waals surface area contributed by atoms with E-state index in [2.05, 4.69) is 21.7 Å². The van der Waals surface area contributed by atoms with E-state index in [1.54, 1.807) is 6.20 Å². The van der Waals surface area contributed by atoms with Crippen LogP contribution in [0.3, 0.4) is 0 Å². The number of nitrogens with one attached hydrogen (secondary N) is 2. The van der Waals surface area contributed by atoms with Crippen molar-refractivity contribution in [3.8, 4) is 0 Å². The molecule has 10 rings (SSSR count). The van der Waals surface area contributed by atoms with Crippen LogP contribution in [-0.2, 0) is 9.59 Å². The number of fused-ring (bicyclic) bond motifs is 1. The lowest BCUT2D eigenvalue weighted by molar-refractivity contribution is -0.140. The Bertz CT molecular complexity index is 1200. The molecule has 1 aromatic heterocycles. The van der Waals surface area contributed by atoms with Crippen LogP contribution in [-0.4, -0.2) is 16.8 Å². The van der Waals surface area contributed by atoms with E-state index in [4.69, 9.17) is 0 Å². The zero-order valence-corrected chi connectivity index (χ0v) is 21.1. The number of rotatable bonds is 4. The highest BCUT2D eigenvalue weighted by atomic mass is 16.2. The number of nitrogens with zero attached hydrogens (tertiary/aromatic N) is 1. The predicted octanol–water partition coefficient (Wildman–Crippen LogP) is 6.54. The van der Waals surface area contributed by atoms with Crippen LogP contribution in [0.2, 0.25) is 0 Å². The van der Waals surface area contributed by atoms with Gasteiger partial charge in [-0.1, -0.05) is 0 Å². The van der Waals surface area contributed by atoms with Gasteiger partial charge in [0.05, 0.1) is 16.5 Å². The lowest BCUT2D eigenvalue weighted by Crippen LogP contribution is -2.52. The van der Waals surface area contributed by atoms with Crippen LogP contribution in [0.4, 0.5) is 11.4 Å². The summed E-state index contributed by atoms with van der Waals surface area (Å²) in [6.07, 6.45) is 17.9. The molecule has 5 heteroatoms. The molecule has 8 bridgehead atoms. The average molecular weight is 484 g/mol. The number of amides is 2. The summed E-state index contributed by atoms with van der Waals surface area (Å²) in [5.74, 6) is 4.79. The predicted molar refractivity (Wildman–Crippen MR) is 140 cm³/mol. The molecule has 5 nitrogen and oxygen atoms in total. The summed E-state index contributed by atoms with van der Waals surface area (Å²) < 4.78 is 0. The van der Waals surface area contributed by atoms with Gasteiger partial charge in [0.1, 0.15) is 0 Å². The van der Waals surface area contributed by atoms with Crippen LogP contribution in [0.15, 0.2) is 30.6 Å². The minimum absolute atomic E-state index is 0.190. The second-order valence-corrected chi connectivity index (χ2v) is 13.9. The Morgan fingerprint density at radius 1 is 0.694 bits per heavy atom. The van der Waals surface area contributed by atoms with Crippen molar-refractivity contribution in [1.82, 2.24) is 4.98 Å². The summed E-state index contributed by atoms with van der Waals surface area (Å²) in [6.45, 7) is 0. The number of aromatic nitrogens is 1. The Labute approximate surface area is 213 Å². The summed E-state index contributed by atoms with van der Waals surface area (Å²) in [4.78, 5) is 32.0. The van der Waals surface area contributed by atoms with Gasteiger partial charge in [0.2, 0.25) is 11.8 Å². The molecule has 8 aliphatic rings. The van der Waals surface area contributed by atoms with Gasteiger partial charge in [-0.3, -0.25) is 14.6 Å². The van der Waals surface area contributed by atoms with Crippen LogP contribution in [0.5, 0.6) is 0 Å². The highest BCUT2D eigenvalue weighted by Crippen LogP contribution is 2.61. The fourth-order valence-electron chi connectivity index (χ4n) is 10.7. The maximum absolute atomic E-state index is 13.9. The first-order valence-electron chi connectivity index (χ1n) is 14.5. The molecule has 2 amide bonds. The number of carbonyl (C=O) groups is 2. The van der Waals surface area contributed by atoms with Crippen molar-refractivity contribution in [1.29, 1.82) is 0 Å². The van der Waals surface area contributed by atoms with Crippen molar-refractivity contribution in [3.63, 3.8) is 0 Å². The standard InChI is InChI=1S/C31H37N3O2/c35-28(30-11-18-3-19(12-30)5-20(4-18)13-30)33-25-9-24-1-2-32-17-26(24)27(10-25)34-29(36)31-14-21-6-22(15-31)8-23(7-21)16-31/h1-2,9-10,17-23H,3-8,11-16H2,(H,33,35)(H,34,36). The molecule has 0 radical (unpaired) electrons. The Morgan fingerprint density at radius 2 is 1.17 bits per heavy atom. The number of hydrogen-bond acceptors (Lipinski definition) is 3. The van der Waals surface area contributed by atoms with Crippen LogP contribution in [0.1, 0.15) is 77.0 Å². The molecule has 0 spiro atoms. The zero-order chi connectivity index (χ0) is 24.1. The van der Waals surface area contributed by atoms with Gasteiger partial charge < -0.3 is 10.6 Å². The average Bonchev–Trinajstić information content (AvgIpc) is 2.82. The van der Waals surface area contributed by atoms with Gasteiger partial charge in [-0.25, -0.2) is 0 Å². The molecular weight excluding hydrogens is 446 g/mol. The lowest BCUT2D eigenvalue weighted by Gasteiger charge is -2.55. The molecular formula is C31H37N3O2. The second-order valence-electron chi connectivity index (χ2n) is 13.9. The van der Waals surface area contributed by atoms with E-state index < -0.39 is 0 Å². The van der Waals surface area contributed by atoms with E-state index in [1.165, 1.54) is 38.5 Å². The van der Waals surface area contributed by atoms with Crippen LogP contribution in [0, 0.1) is 46.3 Å². The first kappa shape index (κ1) is 21.6. The summed E-state index contributed by atoms with van der Waals surface area (Å²) in [5, 5.41) is 8.65. The largest absolute Gasteiger partial charge is 0.326 e. The van der Waals surface area contributed by atoms with E-state index in [1.807, 2.05) is 18.3 Å². The summed E-state index contributed by atoms with van der Waals surface area (Å²) >= 11 is 0. The molecule has 2 aromatic rings. The monoisotopic (exact) mass is 483 g/mol. The minimum atomic E-state index is -0.207. The first-order chi connectivity index (χ1) is 17.5. The Morgan fingerprint density at radius 3 is 1.67 bits per heavy atom. The van der Waals surface area contributed by atoms with Gasteiger partial charge in [0.15, 0.2) is 0 Å². The maximum Gasteiger partial charge on any atom is 0.230 e. The Balaban J connectivity index is 1.09. The van der Waals surface area contributed by atoms with Gasteiger partial charge >= 0.3 is 0 Å². The van der Waals surface area contributed by atoms with E-state index in [-0.39, 0.29) is 22.6 Å². The summed E-state index contributed by atoms with van der Waals surface area (Å²) in [6, 6.07) is 6.02. The first-order valence-corrected chi connectivity index (χ1v) is 14.5. The van der Waals surface area contributed by atoms with Crippen molar-refractivity contribution >= 4 is 34.0 Å². The number of benzene rings is 1. The van der Waals surface area contributed by atoms with Gasteiger partial charge in [0, 0.05) is 23.5 Å². The number of hydrogen-bond donors (Lipinski definition) is 2. The molecule has 1 heterocycles. The summed E-state index contributed by atoms with van der Waals surface area (Å²) in [5.41, 5.74) is 1.20. The molecule has 8 saturated carbocycles. The van der Waals surface area contributed by atoms with Crippen molar-refractivity contribution in [2.45, 2.75) is 77.0 Å². The Hall–Kier alpha value is -2.43. The lowest BCUT2D eigenvalue weighted by atomic mass is 9.49. The highest BCUT2D eigenvalue weighted by molar-refractivity contribution is 6.07. The molecule has 8 aliphatic carbocycles. The molecule has 0 aliphatic heterocycles. The van der Waals surface area contributed by atoms with Crippen molar-refractivity contribution in [3.05, 3.63) is 30.6 Å². The number of pyridine rings is 1. The molecule has 0 unspecified atom stereocenters. The van der Waals surface area contributed by atoms with Crippen LogP contribution in [0.25, 0.3) is 10.8 Å². The van der Waals surface area contributed by atoms with E-state index >= 15 is 0 Å². The smallest absolute Gasteiger partial charge is 0.230 e. The fourth-order valence-corrected chi connectivity index (χ4v) is 10.7. The fraction of sp³-hybridized carbons (Fsp3) is 0.645. The second kappa shape index (κ2) is 7.55. The topological polar surface area (TPSA) is 71.1 Å². The number of anilines is 2. The normalized spacial score (nSPS) is 41.6. The minimum Gasteiger partial charge on any atom is -0.326 e. The maximum atomic E-state index is 13.9. The van der Waals surface area contributed by atoms with E-state index in [9.17, 15) is 9.59 Å². The van der Waals surface area contributed by atoms with Gasteiger partial charge in [0.25, 0.3) is 0 Å². The van der Waals surface area contributed by atoms with Gasteiger partial charge in [-0.15, -0.1) is 0 Å².